The maximum absolute atomic E-state index is 5.85. The molecule has 0 amide bonds. The monoisotopic (exact) mass is 243 g/mol. The minimum atomic E-state index is 0.0850. The van der Waals surface area contributed by atoms with Gasteiger partial charge >= 0.3 is 0 Å². The minimum Gasteiger partial charge on any atom is -0.358 e. The van der Waals surface area contributed by atoms with Gasteiger partial charge in [0.25, 0.3) is 0 Å². The lowest BCUT2D eigenvalue weighted by atomic mass is 10.1. The summed E-state index contributed by atoms with van der Waals surface area (Å²) in [4.78, 5) is 0. The third-order valence-electron chi connectivity index (χ3n) is 3.10. The van der Waals surface area contributed by atoms with Crippen molar-refractivity contribution in [3.63, 3.8) is 0 Å². The normalized spacial score (nSPS) is 12.6. The number of unbranched alkanes of at least 4 members (excludes halogenated alkanes) is 1. The van der Waals surface area contributed by atoms with E-state index >= 15 is 0 Å². The molecule has 0 unspecified atom stereocenters. The van der Waals surface area contributed by atoms with Crippen LogP contribution in [0, 0.1) is 0 Å². The van der Waals surface area contributed by atoms with E-state index < -0.39 is 0 Å². The van der Waals surface area contributed by atoms with E-state index in [1.54, 1.807) is 0 Å². The fourth-order valence-electron chi connectivity index (χ4n) is 2.04. The van der Waals surface area contributed by atoms with Crippen molar-refractivity contribution in [2.24, 2.45) is 0 Å². The second kappa shape index (κ2) is 6.41. The van der Waals surface area contributed by atoms with Crippen LogP contribution < -0.4 is 0 Å². The van der Waals surface area contributed by atoms with Gasteiger partial charge in [-0.15, -0.1) is 0 Å². The molecular weight excluding hydrogens is 222 g/mol. The van der Waals surface area contributed by atoms with Gasteiger partial charge in [-0.2, -0.15) is 0 Å². The fraction of sp³-hybridized carbons (Fsp3) is 0.375. The summed E-state index contributed by atoms with van der Waals surface area (Å²) in [6, 6.07) is 14.6. The van der Waals surface area contributed by atoms with Gasteiger partial charge in [-0.3, -0.25) is 0 Å². The smallest absolute Gasteiger partial charge is 0.131 e. The van der Waals surface area contributed by atoms with E-state index in [0.717, 1.165) is 13.0 Å². The van der Waals surface area contributed by atoms with E-state index in [4.69, 9.17) is 4.74 Å². The predicted octanol–water partition coefficient (Wildman–Crippen LogP) is 4.49. The summed E-state index contributed by atoms with van der Waals surface area (Å²) in [5.41, 5.74) is 2.44. The zero-order chi connectivity index (χ0) is 12.8. The summed E-state index contributed by atoms with van der Waals surface area (Å²) in [5, 5.41) is 0. The van der Waals surface area contributed by atoms with Crippen LogP contribution in [0.2, 0.25) is 0 Å². The molecule has 1 atom stereocenters. The second-order valence-electron chi connectivity index (χ2n) is 4.49. The first-order valence-electron chi connectivity index (χ1n) is 6.66. The first-order valence-corrected chi connectivity index (χ1v) is 6.66. The van der Waals surface area contributed by atoms with E-state index in [2.05, 4.69) is 61.0 Å². The van der Waals surface area contributed by atoms with E-state index in [1.165, 1.54) is 17.7 Å². The summed E-state index contributed by atoms with van der Waals surface area (Å²) in [6.45, 7) is 5.10. The molecule has 0 saturated carbocycles. The van der Waals surface area contributed by atoms with Crippen LogP contribution in [0.4, 0.5) is 0 Å². The standard InChI is InChI=1S/C16H21NO/c1-3-4-13-18-14(2)17-12-8-11-16(17)15-9-6-5-7-10-15/h5-12,14H,3-4,13H2,1-2H3/t14-/m1/s1. The van der Waals surface area contributed by atoms with E-state index in [1.807, 2.05) is 6.07 Å². The zero-order valence-corrected chi connectivity index (χ0v) is 11.2. The Kier molecular flexibility index (Phi) is 4.59. The third kappa shape index (κ3) is 3.02. The van der Waals surface area contributed by atoms with Crippen molar-refractivity contribution in [1.29, 1.82) is 0 Å². The third-order valence-corrected chi connectivity index (χ3v) is 3.10. The summed E-state index contributed by atoms with van der Waals surface area (Å²) >= 11 is 0. The van der Waals surface area contributed by atoms with Crippen molar-refractivity contribution in [2.75, 3.05) is 6.61 Å². The number of hydrogen-bond acceptors (Lipinski definition) is 1. The number of rotatable bonds is 6. The lowest BCUT2D eigenvalue weighted by Gasteiger charge is -2.18. The number of ether oxygens (including phenoxy) is 1. The summed E-state index contributed by atoms with van der Waals surface area (Å²) in [6.07, 6.45) is 4.46. The van der Waals surface area contributed by atoms with E-state index in [-0.39, 0.29) is 6.23 Å². The molecule has 1 aromatic heterocycles. The van der Waals surface area contributed by atoms with Crippen molar-refractivity contribution in [3.8, 4) is 11.3 Å². The van der Waals surface area contributed by atoms with Crippen molar-refractivity contribution >= 4 is 0 Å². The van der Waals surface area contributed by atoms with Crippen LogP contribution in [0.5, 0.6) is 0 Å². The molecule has 1 aromatic carbocycles. The summed E-state index contributed by atoms with van der Waals surface area (Å²) < 4.78 is 8.04. The van der Waals surface area contributed by atoms with E-state index in [0.29, 0.717) is 0 Å². The molecule has 2 aromatic rings. The van der Waals surface area contributed by atoms with Crippen molar-refractivity contribution in [3.05, 3.63) is 48.7 Å². The number of nitrogens with zero attached hydrogens (tertiary/aromatic N) is 1. The van der Waals surface area contributed by atoms with Gasteiger partial charge in [0, 0.05) is 12.8 Å². The SMILES string of the molecule is CCCCO[C@H](C)n1cccc1-c1ccccc1. The molecule has 18 heavy (non-hydrogen) atoms. The molecule has 0 radical (unpaired) electrons. The first-order chi connectivity index (χ1) is 8.83. The van der Waals surface area contributed by atoms with Crippen LogP contribution >= 0.6 is 0 Å². The van der Waals surface area contributed by atoms with Crippen LogP contribution in [0.15, 0.2) is 48.7 Å². The van der Waals surface area contributed by atoms with Gasteiger partial charge in [-0.25, -0.2) is 0 Å². The Morgan fingerprint density at radius 3 is 2.61 bits per heavy atom. The zero-order valence-electron chi connectivity index (χ0n) is 11.2. The molecule has 0 bridgehead atoms. The maximum Gasteiger partial charge on any atom is 0.131 e. The largest absolute Gasteiger partial charge is 0.358 e. The Balaban J connectivity index is 2.12. The molecule has 0 fully saturated rings. The Morgan fingerprint density at radius 1 is 1.11 bits per heavy atom. The molecule has 0 aliphatic heterocycles. The highest BCUT2D eigenvalue weighted by Gasteiger charge is 2.09. The highest BCUT2D eigenvalue weighted by atomic mass is 16.5. The van der Waals surface area contributed by atoms with Crippen LogP contribution in [0.1, 0.15) is 32.9 Å². The Labute approximate surface area is 109 Å². The number of benzene rings is 1. The lowest BCUT2D eigenvalue weighted by molar-refractivity contribution is 0.0161. The molecule has 0 saturated heterocycles. The van der Waals surface area contributed by atoms with Crippen LogP contribution in [0.3, 0.4) is 0 Å². The molecule has 2 heteroatoms. The molecule has 0 aliphatic rings. The highest BCUT2D eigenvalue weighted by molar-refractivity contribution is 5.59. The lowest BCUT2D eigenvalue weighted by Crippen LogP contribution is -2.10. The van der Waals surface area contributed by atoms with Crippen LogP contribution in [-0.4, -0.2) is 11.2 Å². The van der Waals surface area contributed by atoms with Gasteiger partial charge in [-0.1, -0.05) is 43.7 Å². The Bertz CT molecular complexity index is 461. The van der Waals surface area contributed by atoms with Crippen LogP contribution in [-0.2, 0) is 4.74 Å². The summed E-state index contributed by atoms with van der Waals surface area (Å²) in [7, 11) is 0. The molecule has 0 spiro atoms. The number of aromatic nitrogens is 1. The molecule has 0 N–H and O–H groups in total. The van der Waals surface area contributed by atoms with Gasteiger partial charge in [-0.05, 0) is 31.0 Å². The van der Waals surface area contributed by atoms with Gasteiger partial charge in [0.05, 0.1) is 5.69 Å². The average Bonchev–Trinajstić information content (AvgIpc) is 2.89. The fourth-order valence-corrected chi connectivity index (χ4v) is 2.04. The van der Waals surface area contributed by atoms with Gasteiger partial charge in [0.1, 0.15) is 6.23 Å². The quantitative estimate of drug-likeness (QED) is 0.682. The topological polar surface area (TPSA) is 14.2 Å². The minimum absolute atomic E-state index is 0.0850. The first kappa shape index (κ1) is 12.9. The maximum atomic E-state index is 5.85. The molecule has 2 nitrogen and oxygen atoms in total. The van der Waals surface area contributed by atoms with Gasteiger partial charge < -0.3 is 9.30 Å². The van der Waals surface area contributed by atoms with Crippen molar-refractivity contribution < 1.29 is 4.74 Å². The molecule has 96 valence electrons. The Hall–Kier alpha value is -1.54. The predicted molar refractivity (Wildman–Crippen MR) is 75.4 cm³/mol. The van der Waals surface area contributed by atoms with Gasteiger partial charge in [0.15, 0.2) is 0 Å². The van der Waals surface area contributed by atoms with Gasteiger partial charge in [0.2, 0.25) is 0 Å². The van der Waals surface area contributed by atoms with Crippen LogP contribution in [0.25, 0.3) is 11.3 Å². The molecule has 1 heterocycles. The molecular formula is C16H21NO. The summed E-state index contributed by atoms with van der Waals surface area (Å²) in [5.74, 6) is 0. The van der Waals surface area contributed by atoms with E-state index in [9.17, 15) is 0 Å². The average molecular weight is 243 g/mol. The van der Waals surface area contributed by atoms with Crippen molar-refractivity contribution in [1.82, 2.24) is 4.57 Å². The highest BCUT2D eigenvalue weighted by Crippen LogP contribution is 2.23. The molecule has 2 rings (SSSR count). The number of hydrogen-bond donors (Lipinski definition) is 0. The Morgan fingerprint density at radius 2 is 1.89 bits per heavy atom. The van der Waals surface area contributed by atoms with Crippen molar-refractivity contribution in [2.45, 2.75) is 32.9 Å². The molecule has 0 aliphatic carbocycles. The second-order valence-corrected chi connectivity index (χ2v) is 4.49.